The maximum absolute atomic E-state index is 9.74. The number of methoxy groups -OCH3 is 1. The van der Waals surface area contributed by atoms with E-state index in [2.05, 4.69) is 20.4 Å². The fourth-order valence-electron chi connectivity index (χ4n) is 2.16. The number of ether oxygens (including phenoxy) is 2. The molecule has 0 aromatic carbocycles. The molecule has 0 bridgehead atoms. The van der Waals surface area contributed by atoms with Crippen molar-refractivity contribution in [3.8, 4) is 5.88 Å². The minimum Gasteiger partial charge on any atom is -0.478 e. The summed E-state index contributed by atoms with van der Waals surface area (Å²) in [6.45, 7) is -0.235. The van der Waals surface area contributed by atoms with Gasteiger partial charge in [-0.15, -0.1) is 5.10 Å². The molecular weight excluding hydrogens is 254 g/mol. The molecule has 0 saturated carbocycles. The van der Waals surface area contributed by atoms with E-state index in [4.69, 9.17) is 14.6 Å². The molecule has 19 heavy (non-hydrogen) atoms. The second-order valence-corrected chi connectivity index (χ2v) is 4.24. The SMILES string of the molecule is COc1nnnc2c1ncn2[C@H]1C[C@H](O)[C@@H](CO)O1. The van der Waals surface area contributed by atoms with Gasteiger partial charge in [0, 0.05) is 6.42 Å². The van der Waals surface area contributed by atoms with Crippen LogP contribution in [0.2, 0.25) is 0 Å². The van der Waals surface area contributed by atoms with E-state index in [1.807, 2.05) is 0 Å². The highest BCUT2D eigenvalue weighted by Crippen LogP contribution is 2.31. The lowest BCUT2D eigenvalue weighted by Gasteiger charge is -2.13. The first kappa shape index (κ1) is 12.2. The van der Waals surface area contributed by atoms with Gasteiger partial charge in [-0.2, -0.15) is 0 Å². The van der Waals surface area contributed by atoms with Crippen molar-refractivity contribution < 1.29 is 19.7 Å². The smallest absolute Gasteiger partial charge is 0.265 e. The zero-order valence-corrected chi connectivity index (χ0v) is 10.2. The summed E-state index contributed by atoms with van der Waals surface area (Å²) in [6, 6.07) is 0. The number of nitrogens with zero attached hydrogens (tertiary/aromatic N) is 5. The Morgan fingerprint density at radius 3 is 3.05 bits per heavy atom. The molecule has 9 heteroatoms. The van der Waals surface area contributed by atoms with Crippen molar-refractivity contribution in [1.82, 2.24) is 25.0 Å². The quantitative estimate of drug-likeness (QED) is 0.717. The molecule has 1 fully saturated rings. The monoisotopic (exact) mass is 267 g/mol. The summed E-state index contributed by atoms with van der Waals surface area (Å²) < 4.78 is 12.2. The van der Waals surface area contributed by atoms with Crippen molar-refractivity contribution >= 4 is 11.2 Å². The van der Waals surface area contributed by atoms with E-state index in [9.17, 15) is 5.11 Å². The van der Waals surface area contributed by atoms with Crippen LogP contribution in [-0.2, 0) is 4.74 Å². The van der Waals surface area contributed by atoms with Crippen molar-refractivity contribution in [2.24, 2.45) is 0 Å². The number of imidazole rings is 1. The first-order valence-electron chi connectivity index (χ1n) is 5.79. The number of hydrogen-bond acceptors (Lipinski definition) is 8. The predicted octanol–water partition coefficient (Wildman–Crippen LogP) is -1.13. The molecule has 2 N–H and O–H groups in total. The van der Waals surface area contributed by atoms with Gasteiger partial charge in [-0.25, -0.2) is 4.98 Å². The summed E-state index contributed by atoms with van der Waals surface area (Å²) in [5, 5.41) is 30.0. The van der Waals surface area contributed by atoms with Gasteiger partial charge in [-0.05, 0) is 5.21 Å². The summed E-state index contributed by atoms with van der Waals surface area (Å²) in [5.74, 6) is 0.279. The third-order valence-corrected chi connectivity index (χ3v) is 3.13. The number of rotatable bonds is 3. The Labute approximate surface area is 107 Å². The molecule has 1 saturated heterocycles. The maximum atomic E-state index is 9.74. The van der Waals surface area contributed by atoms with Crippen LogP contribution in [-0.4, -0.2) is 61.1 Å². The standard InChI is InChI=1S/C10H13N5O4/c1-18-10-8-9(12-14-13-10)15(4-11-8)7-2-5(17)6(3-16)19-7/h4-7,16-17H,2-3H2,1H3/t5-,6+,7+/m0/s1. The summed E-state index contributed by atoms with van der Waals surface area (Å²) in [4.78, 5) is 4.16. The number of hydrogen-bond donors (Lipinski definition) is 2. The molecule has 0 unspecified atom stereocenters. The minimum atomic E-state index is -0.718. The van der Waals surface area contributed by atoms with Crippen LogP contribution >= 0.6 is 0 Å². The fraction of sp³-hybridized carbons (Fsp3) is 0.600. The van der Waals surface area contributed by atoms with Gasteiger partial charge in [0.1, 0.15) is 12.3 Å². The van der Waals surface area contributed by atoms with Gasteiger partial charge in [0.2, 0.25) is 0 Å². The number of fused-ring (bicyclic) bond motifs is 1. The Kier molecular flexibility index (Phi) is 3.01. The maximum Gasteiger partial charge on any atom is 0.265 e. The van der Waals surface area contributed by atoms with E-state index in [0.29, 0.717) is 17.6 Å². The van der Waals surface area contributed by atoms with Crippen LogP contribution in [0.1, 0.15) is 12.6 Å². The molecule has 0 radical (unpaired) electrons. The Morgan fingerprint density at radius 1 is 1.53 bits per heavy atom. The molecule has 0 amide bonds. The topological polar surface area (TPSA) is 115 Å². The third kappa shape index (κ3) is 1.91. The Balaban J connectivity index is 1.98. The average Bonchev–Trinajstić information content (AvgIpc) is 3.01. The van der Waals surface area contributed by atoms with Gasteiger partial charge >= 0.3 is 0 Å². The van der Waals surface area contributed by atoms with Gasteiger partial charge in [0.25, 0.3) is 5.88 Å². The zero-order valence-electron chi connectivity index (χ0n) is 10.2. The van der Waals surface area contributed by atoms with E-state index in [0.717, 1.165) is 0 Å². The van der Waals surface area contributed by atoms with E-state index >= 15 is 0 Å². The molecule has 2 aromatic heterocycles. The lowest BCUT2D eigenvalue weighted by molar-refractivity contribution is -0.0432. The van der Waals surface area contributed by atoms with Gasteiger partial charge in [0.05, 0.1) is 26.1 Å². The molecular formula is C10H13N5O4. The first-order chi connectivity index (χ1) is 9.24. The van der Waals surface area contributed by atoms with E-state index < -0.39 is 18.4 Å². The lowest BCUT2D eigenvalue weighted by atomic mass is 10.2. The molecule has 0 spiro atoms. The molecule has 2 aromatic rings. The molecule has 1 aliphatic heterocycles. The highest BCUT2D eigenvalue weighted by Gasteiger charge is 2.35. The summed E-state index contributed by atoms with van der Waals surface area (Å²) in [5.41, 5.74) is 0.936. The minimum absolute atomic E-state index is 0.235. The first-order valence-corrected chi connectivity index (χ1v) is 5.79. The van der Waals surface area contributed by atoms with Crippen LogP contribution in [0.15, 0.2) is 6.33 Å². The van der Waals surface area contributed by atoms with Crippen molar-refractivity contribution in [2.45, 2.75) is 24.9 Å². The van der Waals surface area contributed by atoms with Crippen LogP contribution in [0.3, 0.4) is 0 Å². The van der Waals surface area contributed by atoms with Crippen LogP contribution in [0, 0.1) is 0 Å². The molecule has 102 valence electrons. The largest absolute Gasteiger partial charge is 0.478 e. The molecule has 3 atom stereocenters. The highest BCUT2D eigenvalue weighted by molar-refractivity contribution is 5.75. The summed E-state index contributed by atoms with van der Waals surface area (Å²) in [7, 11) is 1.47. The van der Waals surface area contributed by atoms with Crippen molar-refractivity contribution in [3.63, 3.8) is 0 Å². The molecule has 3 rings (SSSR count). The van der Waals surface area contributed by atoms with Crippen LogP contribution in [0.4, 0.5) is 0 Å². The predicted molar refractivity (Wildman–Crippen MR) is 61.3 cm³/mol. The van der Waals surface area contributed by atoms with E-state index in [-0.39, 0.29) is 12.5 Å². The van der Waals surface area contributed by atoms with Gasteiger partial charge < -0.3 is 19.7 Å². The number of aliphatic hydroxyl groups is 2. The number of aliphatic hydroxyl groups excluding tert-OH is 2. The fourth-order valence-corrected chi connectivity index (χ4v) is 2.16. The van der Waals surface area contributed by atoms with Crippen molar-refractivity contribution in [1.29, 1.82) is 0 Å². The zero-order chi connectivity index (χ0) is 13.4. The highest BCUT2D eigenvalue weighted by atomic mass is 16.5. The van der Waals surface area contributed by atoms with Gasteiger partial charge in [0.15, 0.2) is 11.2 Å². The second-order valence-electron chi connectivity index (χ2n) is 4.24. The Bertz CT molecular complexity index is 588. The Morgan fingerprint density at radius 2 is 2.37 bits per heavy atom. The lowest BCUT2D eigenvalue weighted by Crippen LogP contribution is -2.24. The Hall–Kier alpha value is -1.84. The van der Waals surface area contributed by atoms with Gasteiger partial charge in [-0.1, -0.05) is 5.10 Å². The van der Waals surface area contributed by atoms with Crippen molar-refractivity contribution in [2.75, 3.05) is 13.7 Å². The summed E-state index contributed by atoms with van der Waals surface area (Å²) >= 11 is 0. The van der Waals surface area contributed by atoms with E-state index in [1.165, 1.54) is 13.4 Å². The average molecular weight is 267 g/mol. The molecule has 9 nitrogen and oxygen atoms in total. The molecule has 0 aliphatic carbocycles. The second kappa shape index (κ2) is 4.68. The number of aromatic nitrogens is 5. The molecule has 3 heterocycles. The van der Waals surface area contributed by atoms with Crippen LogP contribution in [0.25, 0.3) is 11.2 Å². The van der Waals surface area contributed by atoms with Crippen LogP contribution < -0.4 is 4.74 Å². The third-order valence-electron chi connectivity index (χ3n) is 3.13. The van der Waals surface area contributed by atoms with E-state index in [1.54, 1.807) is 4.57 Å². The normalized spacial score (nSPS) is 27.0. The van der Waals surface area contributed by atoms with Crippen LogP contribution in [0.5, 0.6) is 5.88 Å². The van der Waals surface area contributed by atoms with Crippen molar-refractivity contribution in [3.05, 3.63) is 6.33 Å². The summed E-state index contributed by atoms with van der Waals surface area (Å²) in [6.07, 6.45) is 0.116. The van der Waals surface area contributed by atoms with Gasteiger partial charge in [-0.3, -0.25) is 4.57 Å². The molecule has 1 aliphatic rings.